The Morgan fingerprint density at radius 1 is 1.30 bits per heavy atom. The molecule has 0 atom stereocenters. The summed E-state index contributed by atoms with van der Waals surface area (Å²) >= 11 is 6.54. The van der Waals surface area contributed by atoms with Gasteiger partial charge in [0.05, 0.1) is 10.7 Å². The Labute approximate surface area is 132 Å². The van der Waals surface area contributed by atoms with Crippen molar-refractivity contribution < 1.29 is 5.11 Å². The molecule has 3 N–H and O–H groups in total. The minimum atomic E-state index is -0.327. The maximum atomic E-state index is 11.8. The molecule has 5 nitrogen and oxygen atoms in total. The van der Waals surface area contributed by atoms with E-state index in [1.807, 2.05) is 0 Å². The minimum Gasteiger partial charge on any atom is -0.506 e. The average molecular weight is 401 g/mol. The lowest BCUT2D eigenvalue weighted by molar-refractivity contribution is 0.471. The number of rotatable bonds is 2. The first kappa shape index (κ1) is 14.8. The van der Waals surface area contributed by atoms with E-state index < -0.39 is 0 Å². The number of halogens is 2. The molecule has 7 heteroatoms. The summed E-state index contributed by atoms with van der Waals surface area (Å²) in [7, 11) is 0. The lowest BCUT2D eigenvalue weighted by Gasteiger charge is -2.05. The van der Waals surface area contributed by atoms with Crippen LogP contribution in [0.2, 0.25) is 0 Å². The zero-order valence-corrected chi connectivity index (χ0v) is 13.6. The molecule has 104 valence electrons. The van der Waals surface area contributed by atoms with Crippen molar-refractivity contribution in [2.24, 2.45) is 5.10 Å². The van der Waals surface area contributed by atoms with Crippen LogP contribution < -0.4 is 11.3 Å². The summed E-state index contributed by atoms with van der Waals surface area (Å²) in [5, 5.41) is 13.9. The van der Waals surface area contributed by atoms with E-state index in [9.17, 15) is 9.90 Å². The largest absolute Gasteiger partial charge is 0.506 e. The van der Waals surface area contributed by atoms with E-state index in [2.05, 4.69) is 37.0 Å². The molecule has 0 spiro atoms. The molecular weight excluding hydrogens is 390 g/mol. The zero-order valence-electron chi connectivity index (χ0n) is 10.5. The highest BCUT2D eigenvalue weighted by atomic mass is 79.9. The minimum absolute atomic E-state index is 0.0377. The Balaban J connectivity index is 2.48. The molecule has 20 heavy (non-hydrogen) atoms. The van der Waals surface area contributed by atoms with Gasteiger partial charge in [-0.15, -0.1) is 0 Å². The van der Waals surface area contributed by atoms with Gasteiger partial charge in [-0.05, 0) is 46.6 Å². The van der Waals surface area contributed by atoms with Gasteiger partial charge in [0.2, 0.25) is 0 Å². The fourth-order valence-corrected chi connectivity index (χ4v) is 2.91. The van der Waals surface area contributed by atoms with Crippen LogP contribution in [0.3, 0.4) is 0 Å². The van der Waals surface area contributed by atoms with Crippen LogP contribution >= 0.6 is 31.9 Å². The predicted molar refractivity (Wildman–Crippen MR) is 86.4 cm³/mol. The number of aromatic hydroxyl groups is 1. The number of phenolic OH excluding ortho intramolecular Hbond substituents is 1. The number of hydrogen-bond acceptors (Lipinski definition) is 4. The first-order valence-corrected chi connectivity index (χ1v) is 7.18. The highest BCUT2D eigenvalue weighted by Gasteiger charge is 2.06. The van der Waals surface area contributed by atoms with Gasteiger partial charge in [-0.1, -0.05) is 15.9 Å². The number of phenols is 1. The Bertz CT molecular complexity index is 754. The Kier molecular flexibility index (Phi) is 4.29. The predicted octanol–water partition coefficient (Wildman–Crippen LogP) is 2.85. The monoisotopic (exact) mass is 399 g/mol. The third-order valence-electron chi connectivity index (χ3n) is 2.55. The van der Waals surface area contributed by atoms with Crippen LogP contribution in [0.1, 0.15) is 11.1 Å². The molecule has 1 heterocycles. The van der Waals surface area contributed by atoms with Crippen molar-refractivity contribution in [3.05, 3.63) is 54.7 Å². The summed E-state index contributed by atoms with van der Waals surface area (Å²) in [6, 6.07) is 6.47. The van der Waals surface area contributed by atoms with E-state index in [1.54, 1.807) is 25.1 Å². The molecular formula is C13H11Br2N3O2. The van der Waals surface area contributed by atoms with Crippen molar-refractivity contribution in [3.63, 3.8) is 0 Å². The number of aryl methyl sites for hydroxylation is 1. The normalized spacial score (nSPS) is 11.2. The van der Waals surface area contributed by atoms with Gasteiger partial charge in [0.1, 0.15) is 11.6 Å². The van der Waals surface area contributed by atoms with Crippen molar-refractivity contribution in [3.8, 4) is 5.75 Å². The molecule has 0 aliphatic carbocycles. The second kappa shape index (κ2) is 5.80. The number of nitrogens with two attached hydrogens (primary N) is 1. The number of benzene rings is 1. The Morgan fingerprint density at radius 2 is 2.00 bits per heavy atom. The van der Waals surface area contributed by atoms with Crippen molar-refractivity contribution in [1.29, 1.82) is 0 Å². The van der Waals surface area contributed by atoms with Gasteiger partial charge in [0.15, 0.2) is 0 Å². The van der Waals surface area contributed by atoms with Gasteiger partial charge in [0, 0.05) is 16.1 Å². The molecule has 0 bridgehead atoms. The fraction of sp³-hybridized carbons (Fsp3) is 0.0769. The molecule has 1 aromatic carbocycles. The van der Waals surface area contributed by atoms with Gasteiger partial charge < -0.3 is 10.8 Å². The van der Waals surface area contributed by atoms with E-state index >= 15 is 0 Å². The molecule has 1 aromatic heterocycles. The van der Waals surface area contributed by atoms with Crippen LogP contribution in [0.4, 0.5) is 5.82 Å². The molecule has 2 aromatic rings. The number of pyridine rings is 1. The molecule has 0 aliphatic rings. The summed E-state index contributed by atoms with van der Waals surface area (Å²) in [5.74, 6) is 0.274. The molecule has 2 rings (SSSR count). The summed E-state index contributed by atoms with van der Waals surface area (Å²) in [6.45, 7) is 1.78. The average Bonchev–Trinajstić information content (AvgIpc) is 2.33. The van der Waals surface area contributed by atoms with E-state index in [0.29, 0.717) is 10.0 Å². The third-order valence-corrected chi connectivity index (χ3v) is 3.61. The Morgan fingerprint density at radius 3 is 2.65 bits per heavy atom. The molecule has 0 saturated carbocycles. The highest BCUT2D eigenvalue weighted by Crippen LogP contribution is 2.30. The van der Waals surface area contributed by atoms with Gasteiger partial charge >= 0.3 is 0 Å². The van der Waals surface area contributed by atoms with Gasteiger partial charge in [-0.2, -0.15) is 9.78 Å². The fourth-order valence-electron chi connectivity index (χ4n) is 1.65. The van der Waals surface area contributed by atoms with E-state index in [0.717, 1.165) is 14.7 Å². The van der Waals surface area contributed by atoms with Crippen LogP contribution in [0.5, 0.6) is 5.75 Å². The van der Waals surface area contributed by atoms with Crippen molar-refractivity contribution in [2.45, 2.75) is 6.92 Å². The standard InChI is InChI=1S/C13H11Br2N3O2/c1-7-2-11(16)18(12(19)3-7)17-6-8-4-9(14)5-10(15)13(8)20/h2-6,20H,16H2,1H3/b17-6+. The van der Waals surface area contributed by atoms with Crippen LogP contribution in [0.25, 0.3) is 0 Å². The molecule has 0 radical (unpaired) electrons. The second-order valence-electron chi connectivity index (χ2n) is 4.18. The summed E-state index contributed by atoms with van der Waals surface area (Å²) in [4.78, 5) is 11.8. The highest BCUT2D eigenvalue weighted by molar-refractivity contribution is 9.11. The summed E-state index contributed by atoms with van der Waals surface area (Å²) < 4.78 is 2.37. The van der Waals surface area contributed by atoms with E-state index in [1.165, 1.54) is 12.3 Å². The number of nitrogens with zero attached hydrogens (tertiary/aromatic N) is 2. The quantitative estimate of drug-likeness (QED) is 0.760. The smallest absolute Gasteiger partial charge is 0.273 e. The van der Waals surface area contributed by atoms with Crippen molar-refractivity contribution in [1.82, 2.24) is 4.68 Å². The van der Waals surface area contributed by atoms with E-state index in [4.69, 9.17) is 5.73 Å². The first-order valence-electron chi connectivity index (χ1n) is 5.60. The SMILES string of the molecule is Cc1cc(N)n(/N=C/c2cc(Br)cc(Br)c2O)c(=O)c1. The van der Waals surface area contributed by atoms with Crippen LogP contribution in [0.15, 0.2) is 43.1 Å². The van der Waals surface area contributed by atoms with Crippen LogP contribution in [0, 0.1) is 6.92 Å². The second-order valence-corrected chi connectivity index (χ2v) is 5.95. The number of aromatic nitrogens is 1. The first-order chi connectivity index (χ1) is 9.38. The summed E-state index contributed by atoms with van der Waals surface area (Å²) in [6.07, 6.45) is 1.37. The lowest BCUT2D eigenvalue weighted by Crippen LogP contribution is -2.19. The van der Waals surface area contributed by atoms with Crippen LogP contribution in [-0.4, -0.2) is 16.0 Å². The van der Waals surface area contributed by atoms with Gasteiger partial charge in [-0.3, -0.25) is 4.79 Å². The number of nitrogen functional groups attached to an aromatic ring is 1. The Hall–Kier alpha value is -1.60. The van der Waals surface area contributed by atoms with E-state index in [-0.39, 0.29) is 17.1 Å². The third kappa shape index (κ3) is 3.10. The zero-order chi connectivity index (χ0) is 14.9. The van der Waals surface area contributed by atoms with Crippen molar-refractivity contribution in [2.75, 3.05) is 5.73 Å². The summed E-state index contributed by atoms with van der Waals surface area (Å²) in [5.41, 5.74) is 6.65. The lowest BCUT2D eigenvalue weighted by atomic mass is 10.2. The molecule has 0 saturated heterocycles. The maximum Gasteiger partial charge on any atom is 0.273 e. The topological polar surface area (TPSA) is 80.6 Å². The van der Waals surface area contributed by atoms with Gasteiger partial charge in [-0.25, -0.2) is 0 Å². The molecule has 0 fully saturated rings. The van der Waals surface area contributed by atoms with Gasteiger partial charge in [0.25, 0.3) is 5.56 Å². The van der Waals surface area contributed by atoms with Crippen molar-refractivity contribution >= 4 is 43.9 Å². The molecule has 0 amide bonds. The molecule has 0 aliphatic heterocycles. The molecule has 0 unspecified atom stereocenters. The van der Waals surface area contributed by atoms with Crippen LogP contribution in [-0.2, 0) is 0 Å². The maximum absolute atomic E-state index is 11.8. The number of anilines is 1. The number of hydrogen-bond donors (Lipinski definition) is 2.